The van der Waals surface area contributed by atoms with Crippen LogP contribution < -0.4 is 24.9 Å². The van der Waals surface area contributed by atoms with Gasteiger partial charge >= 0.3 is 11.6 Å². The average molecular weight is 461 g/mol. The summed E-state index contributed by atoms with van der Waals surface area (Å²) < 4.78 is 26.4. The van der Waals surface area contributed by atoms with E-state index < -0.39 is 22.5 Å². The van der Waals surface area contributed by atoms with Gasteiger partial charge in [0.15, 0.2) is 11.5 Å². The standard InChI is InChI=1S/C23H24O8S/c1-27-17-12-14(13-18(28-2)20(17)29-3)22(25)30-10-7-11-32(4)21-19(24)15-8-5-6-9-16(15)31-23(21)26/h5-6,8-9,12-13H,7,10-11H2,1-4H3. The number of para-hydroxylation sites is 1. The first kappa shape index (κ1) is 23.3. The molecule has 0 aliphatic rings. The van der Waals surface area contributed by atoms with Crippen LogP contribution in [0.3, 0.4) is 0 Å². The van der Waals surface area contributed by atoms with E-state index in [1.54, 1.807) is 24.3 Å². The lowest BCUT2D eigenvalue weighted by Gasteiger charge is -2.14. The maximum absolute atomic E-state index is 12.7. The normalized spacial score (nSPS) is 11.8. The highest BCUT2D eigenvalue weighted by Gasteiger charge is 2.24. The molecule has 3 aromatic rings. The van der Waals surface area contributed by atoms with Gasteiger partial charge in [0, 0.05) is 22.7 Å². The van der Waals surface area contributed by atoms with Crippen LogP contribution >= 0.6 is 0 Å². The van der Waals surface area contributed by atoms with Crippen LogP contribution in [0, 0.1) is 0 Å². The highest BCUT2D eigenvalue weighted by Crippen LogP contribution is 2.38. The maximum Gasteiger partial charge on any atom is 0.391 e. The van der Waals surface area contributed by atoms with Gasteiger partial charge in [0.2, 0.25) is 10.6 Å². The Morgan fingerprint density at radius 1 is 1.06 bits per heavy atom. The van der Waals surface area contributed by atoms with Crippen molar-refractivity contribution >= 4 is 27.8 Å². The van der Waals surface area contributed by atoms with Gasteiger partial charge in [-0.2, -0.15) is 0 Å². The van der Waals surface area contributed by atoms with Crippen LogP contribution in [0.15, 0.2) is 50.5 Å². The van der Waals surface area contributed by atoms with Crippen molar-refractivity contribution in [3.05, 3.63) is 52.4 Å². The number of ether oxygens (including phenoxy) is 4. The predicted octanol–water partition coefficient (Wildman–Crippen LogP) is 2.75. The predicted molar refractivity (Wildman–Crippen MR) is 119 cm³/mol. The second-order valence-corrected chi connectivity index (χ2v) is 8.88. The summed E-state index contributed by atoms with van der Waals surface area (Å²) in [5, 5.41) is 13.1. The molecule has 0 bridgehead atoms. The minimum atomic E-state index is -0.653. The molecule has 1 aromatic heterocycles. The Morgan fingerprint density at radius 3 is 2.34 bits per heavy atom. The van der Waals surface area contributed by atoms with Crippen LogP contribution in [0.5, 0.6) is 23.0 Å². The molecule has 1 unspecified atom stereocenters. The van der Waals surface area contributed by atoms with E-state index in [0.717, 1.165) is 0 Å². The number of carbonyl (C=O) groups excluding carboxylic acids is 1. The van der Waals surface area contributed by atoms with Gasteiger partial charge in [0.25, 0.3) is 0 Å². The number of carbonyl (C=O) groups is 1. The first-order chi connectivity index (χ1) is 15.4. The van der Waals surface area contributed by atoms with E-state index in [1.165, 1.54) is 33.5 Å². The van der Waals surface area contributed by atoms with Gasteiger partial charge in [-0.3, -0.25) is 0 Å². The third-order valence-electron chi connectivity index (χ3n) is 4.80. The van der Waals surface area contributed by atoms with Gasteiger partial charge in [-0.1, -0.05) is 18.2 Å². The summed E-state index contributed by atoms with van der Waals surface area (Å²) >= 11 is 0. The average Bonchev–Trinajstić information content (AvgIpc) is 2.80. The largest absolute Gasteiger partial charge is 0.868 e. The molecule has 0 amide bonds. The van der Waals surface area contributed by atoms with E-state index in [2.05, 4.69) is 0 Å². The van der Waals surface area contributed by atoms with Crippen LogP contribution in [-0.4, -0.2) is 45.9 Å². The topological polar surface area (TPSA) is 107 Å². The number of benzene rings is 2. The molecule has 1 heterocycles. The van der Waals surface area contributed by atoms with Crippen molar-refractivity contribution in [1.82, 2.24) is 0 Å². The fraction of sp³-hybridized carbons (Fsp3) is 0.304. The van der Waals surface area contributed by atoms with Gasteiger partial charge in [0.05, 0.1) is 33.5 Å². The summed E-state index contributed by atoms with van der Waals surface area (Å²) in [5.41, 5.74) is -0.0801. The fourth-order valence-electron chi connectivity index (χ4n) is 3.23. The number of hydrogen-bond acceptors (Lipinski definition) is 8. The Morgan fingerprint density at radius 2 is 1.72 bits per heavy atom. The zero-order chi connectivity index (χ0) is 23.3. The molecular formula is C23H24O8S. The molecule has 170 valence electrons. The third kappa shape index (κ3) is 4.77. The summed E-state index contributed by atoms with van der Waals surface area (Å²) in [6.45, 7) is 0.125. The molecule has 0 saturated heterocycles. The molecular weight excluding hydrogens is 436 g/mol. The van der Waals surface area contributed by atoms with E-state index in [0.29, 0.717) is 34.8 Å². The Bertz CT molecular complexity index is 1150. The molecule has 32 heavy (non-hydrogen) atoms. The minimum Gasteiger partial charge on any atom is -0.868 e. The van der Waals surface area contributed by atoms with Crippen LogP contribution in [0.4, 0.5) is 0 Å². The van der Waals surface area contributed by atoms with Crippen LogP contribution in [0.1, 0.15) is 16.8 Å². The van der Waals surface area contributed by atoms with Gasteiger partial charge in [-0.25, -0.2) is 9.59 Å². The van der Waals surface area contributed by atoms with Crippen LogP contribution in [-0.2, 0) is 15.6 Å². The fourth-order valence-corrected chi connectivity index (χ4v) is 4.74. The zero-order valence-electron chi connectivity index (χ0n) is 18.3. The molecule has 0 radical (unpaired) electrons. The summed E-state index contributed by atoms with van der Waals surface area (Å²) in [5.74, 6) is 0.719. The van der Waals surface area contributed by atoms with Crippen LogP contribution in [0.2, 0.25) is 0 Å². The van der Waals surface area contributed by atoms with Gasteiger partial charge in [-0.05, 0) is 23.9 Å². The maximum atomic E-state index is 12.7. The highest BCUT2D eigenvalue weighted by atomic mass is 32.2. The minimum absolute atomic E-state index is 0.125. The molecule has 0 N–H and O–H groups in total. The molecule has 2 aromatic carbocycles. The summed E-state index contributed by atoms with van der Waals surface area (Å²) in [6, 6.07) is 9.69. The van der Waals surface area contributed by atoms with E-state index in [1.807, 2.05) is 6.26 Å². The van der Waals surface area contributed by atoms with Crippen LogP contribution in [0.25, 0.3) is 11.0 Å². The van der Waals surface area contributed by atoms with Crippen molar-refractivity contribution in [2.24, 2.45) is 0 Å². The molecule has 0 aliphatic heterocycles. The van der Waals surface area contributed by atoms with E-state index in [4.69, 9.17) is 23.4 Å². The first-order valence-electron chi connectivity index (χ1n) is 9.73. The third-order valence-corrected chi connectivity index (χ3v) is 6.75. The molecule has 0 aliphatic carbocycles. The number of fused-ring (bicyclic) bond motifs is 1. The summed E-state index contributed by atoms with van der Waals surface area (Å²) in [6.07, 6.45) is 2.28. The van der Waals surface area contributed by atoms with Crippen molar-refractivity contribution in [2.75, 3.05) is 39.9 Å². The number of hydrogen-bond donors (Lipinski definition) is 0. The SMILES string of the molecule is COc1cc(C(=O)OCCC[S+](C)c2c([O-])c3ccccc3oc2=O)cc(OC)c1OC. The van der Waals surface area contributed by atoms with E-state index in [-0.39, 0.29) is 28.4 Å². The molecule has 1 atom stereocenters. The molecule has 0 spiro atoms. The lowest BCUT2D eigenvalue weighted by atomic mass is 10.2. The second kappa shape index (κ2) is 10.3. The lowest BCUT2D eigenvalue weighted by Crippen LogP contribution is -2.20. The van der Waals surface area contributed by atoms with Gasteiger partial charge in [-0.15, -0.1) is 0 Å². The van der Waals surface area contributed by atoms with Crippen molar-refractivity contribution < 1.29 is 33.3 Å². The van der Waals surface area contributed by atoms with Gasteiger partial charge < -0.3 is 28.5 Å². The number of esters is 1. The van der Waals surface area contributed by atoms with Gasteiger partial charge in [0.1, 0.15) is 17.6 Å². The number of methoxy groups -OCH3 is 3. The quantitative estimate of drug-likeness (QED) is 0.208. The molecule has 8 nitrogen and oxygen atoms in total. The Hall–Kier alpha value is -3.33. The Labute approximate surface area is 188 Å². The smallest absolute Gasteiger partial charge is 0.391 e. The van der Waals surface area contributed by atoms with Crippen molar-refractivity contribution in [2.45, 2.75) is 11.3 Å². The monoisotopic (exact) mass is 460 g/mol. The lowest BCUT2D eigenvalue weighted by molar-refractivity contribution is -0.270. The van der Waals surface area contributed by atoms with E-state index in [9.17, 15) is 14.7 Å². The number of rotatable bonds is 9. The highest BCUT2D eigenvalue weighted by molar-refractivity contribution is 7.96. The summed E-state index contributed by atoms with van der Waals surface area (Å²) in [7, 11) is 3.74. The first-order valence-corrected chi connectivity index (χ1v) is 11.5. The molecule has 3 rings (SSSR count). The van der Waals surface area contributed by atoms with Crippen molar-refractivity contribution in [3.63, 3.8) is 0 Å². The summed E-state index contributed by atoms with van der Waals surface area (Å²) in [4.78, 5) is 24.9. The van der Waals surface area contributed by atoms with Crippen molar-refractivity contribution in [3.8, 4) is 23.0 Å². The van der Waals surface area contributed by atoms with E-state index >= 15 is 0 Å². The molecule has 9 heteroatoms. The zero-order valence-corrected chi connectivity index (χ0v) is 19.1. The van der Waals surface area contributed by atoms with Crippen molar-refractivity contribution in [1.29, 1.82) is 0 Å². The molecule has 0 fully saturated rings. The molecule has 0 saturated carbocycles. The Kier molecular flexibility index (Phi) is 7.53. The Balaban J connectivity index is 1.64. The second-order valence-electron chi connectivity index (χ2n) is 6.79.